The maximum atomic E-state index is 11.5. The van der Waals surface area contributed by atoms with Crippen LogP contribution in [0.5, 0.6) is 0 Å². The van der Waals surface area contributed by atoms with Gasteiger partial charge in [-0.3, -0.25) is 4.79 Å². The van der Waals surface area contributed by atoms with Crippen molar-refractivity contribution in [1.29, 1.82) is 0 Å². The maximum absolute atomic E-state index is 11.5. The van der Waals surface area contributed by atoms with E-state index in [0.717, 1.165) is 12.8 Å². The van der Waals surface area contributed by atoms with E-state index in [9.17, 15) is 4.79 Å². The van der Waals surface area contributed by atoms with Gasteiger partial charge < -0.3 is 9.47 Å². The third kappa shape index (κ3) is 6.11. The van der Waals surface area contributed by atoms with Crippen molar-refractivity contribution in [3.05, 3.63) is 0 Å². The highest BCUT2D eigenvalue weighted by atomic mass is 16.7. The van der Waals surface area contributed by atoms with Gasteiger partial charge >= 0.3 is 0 Å². The molecule has 2 atom stereocenters. The SMILES string of the molecule is CCCCC(=O)C(C)OC(C)OCC. The molecule has 0 aliphatic carbocycles. The van der Waals surface area contributed by atoms with Crippen LogP contribution in [0.1, 0.15) is 47.0 Å². The number of Topliss-reactive ketones (excluding diaryl/α,β-unsaturated/α-hetero) is 1. The van der Waals surface area contributed by atoms with Crippen LogP contribution < -0.4 is 0 Å². The van der Waals surface area contributed by atoms with Crippen molar-refractivity contribution in [1.82, 2.24) is 0 Å². The maximum Gasteiger partial charge on any atom is 0.161 e. The fourth-order valence-electron chi connectivity index (χ4n) is 1.19. The van der Waals surface area contributed by atoms with E-state index in [-0.39, 0.29) is 18.2 Å². The summed E-state index contributed by atoms with van der Waals surface area (Å²) in [5, 5.41) is 0. The van der Waals surface area contributed by atoms with Gasteiger partial charge in [-0.15, -0.1) is 0 Å². The molecular formula is C11H22O3. The van der Waals surface area contributed by atoms with E-state index in [1.54, 1.807) is 6.92 Å². The largest absolute Gasteiger partial charge is 0.353 e. The van der Waals surface area contributed by atoms with Gasteiger partial charge in [0.2, 0.25) is 0 Å². The Morgan fingerprint density at radius 2 is 1.93 bits per heavy atom. The Bertz CT molecular complexity index is 157. The van der Waals surface area contributed by atoms with Crippen LogP contribution in [-0.2, 0) is 14.3 Å². The summed E-state index contributed by atoms with van der Waals surface area (Å²) in [6, 6.07) is 0. The van der Waals surface area contributed by atoms with E-state index in [2.05, 4.69) is 6.92 Å². The summed E-state index contributed by atoms with van der Waals surface area (Å²) in [6.45, 7) is 8.18. The van der Waals surface area contributed by atoms with Crippen LogP contribution in [0.4, 0.5) is 0 Å². The zero-order chi connectivity index (χ0) is 11.0. The lowest BCUT2D eigenvalue weighted by atomic mass is 10.1. The number of unbranched alkanes of at least 4 members (excludes halogenated alkanes) is 1. The molecule has 2 unspecified atom stereocenters. The fourth-order valence-corrected chi connectivity index (χ4v) is 1.19. The van der Waals surface area contributed by atoms with Crippen LogP contribution in [0.25, 0.3) is 0 Å². The molecule has 0 radical (unpaired) electrons. The molecule has 3 heteroatoms. The van der Waals surface area contributed by atoms with Crippen LogP contribution in [0.2, 0.25) is 0 Å². The Balaban J connectivity index is 3.70. The molecule has 0 rings (SSSR count). The van der Waals surface area contributed by atoms with Crippen LogP contribution in [0.15, 0.2) is 0 Å². The number of hydrogen-bond acceptors (Lipinski definition) is 3. The first-order chi connectivity index (χ1) is 6.61. The lowest BCUT2D eigenvalue weighted by molar-refractivity contribution is -0.166. The Labute approximate surface area is 86.8 Å². The monoisotopic (exact) mass is 202 g/mol. The van der Waals surface area contributed by atoms with E-state index < -0.39 is 0 Å². The van der Waals surface area contributed by atoms with Crippen molar-refractivity contribution in [2.75, 3.05) is 6.61 Å². The summed E-state index contributed by atoms with van der Waals surface area (Å²) < 4.78 is 10.6. The number of hydrogen-bond donors (Lipinski definition) is 0. The lowest BCUT2D eigenvalue weighted by Gasteiger charge is -2.17. The first-order valence-corrected chi connectivity index (χ1v) is 5.41. The third-order valence-electron chi connectivity index (χ3n) is 2.03. The molecule has 0 aromatic heterocycles. The zero-order valence-corrected chi connectivity index (χ0v) is 9.71. The summed E-state index contributed by atoms with van der Waals surface area (Å²) in [7, 11) is 0. The normalized spacial score (nSPS) is 15.1. The van der Waals surface area contributed by atoms with E-state index in [1.165, 1.54) is 0 Å². The average Bonchev–Trinajstić information content (AvgIpc) is 2.14. The van der Waals surface area contributed by atoms with Crippen LogP contribution >= 0.6 is 0 Å². The molecule has 0 aliphatic heterocycles. The summed E-state index contributed by atoms with van der Waals surface area (Å²) in [5.41, 5.74) is 0. The zero-order valence-electron chi connectivity index (χ0n) is 9.71. The van der Waals surface area contributed by atoms with Gasteiger partial charge in [0.05, 0.1) is 0 Å². The van der Waals surface area contributed by atoms with Gasteiger partial charge in [0.1, 0.15) is 6.10 Å². The van der Waals surface area contributed by atoms with Crippen molar-refractivity contribution in [3.8, 4) is 0 Å². The predicted molar refractivity (Wildman–Crippen MR) is 56.2 cm³/mol. The smallest absolute Gasteiger partial charge is 0.161 e. The Kier molecular flexibility index (Phi) is 7.71. The number of carbonyl (C=O) groups is 1. The van der Waals surface area contributed by atoms with Crippen molar-refractivity contribution in [2.45, 2.75) is 59.4 Å². The number of carbonyl (C=O) groups excluding carboxylic acids is 1. The van der Waals surface area contributed by atoms with Gasteiger partial charge in [-0.05, 0) is 27.2 Å². The molecule has 0 saturated carbocycles. The molecule has 0 heterocycles. The molecule has 0 spiro atoms. The highest BCUT2D eigenvalue weighted by molar-refractivity contribution is 5.82. The second kappa shape index (κ2) is 7.94. The van der Waals surface area contributed by atoms with Gasteiger partial charge in [-0.25, -0.2) is 0 Å². The predicted octanol–water partition coefficient (Wildman–Crippen LogP) is 2.53. The molecule has 3 nitrogen and oxygen atoms in total. The molecule has 0 N–H and O–H groups in total. The quantitative estimate of drug-likeness (QED) is 0.567. The number of ether oxygens (including phenoxy) is 2. The first-order valence-electron chi connectivity index (χ1n) is 5.41. The molecule has 0 aromatic carbocycles. The van der Waals surface area contributed by atoms with Gasteiger partial charge in [0.25, 0.3) is 0 Å². The molecule has 0 saturated heterocycles. The summed E-state index contributed by atoms with van der Waals surface area (Å²) in [4.78, 5) is 11.5. The van der Waals surface area contributed by atoms with Crippen LogP contribution in [-0.4, -0.2) is 24.8 Å². The topological polar surface area (TPSA) is 35.5 Å². The van der Waals surface area contributed by atoms with Crippen molar-refractivity contribution >= 4 is 5.78 Å². The highest BCUT2D eigenvalue weighted by Gasteiger charge is 2.15. The average molecular weight is 202 g/mol. The van der Waals surface area contributed by atoms with Crippen molar-refractivity contribution in [2.24, 2.45) is 0 Å². The van der Waals surface area contributed by atoms with Gasteiger partial charge in [0.15, 0.2) is 12.1 Å². The molecule has 84 valence electrons. The standard InChI is InChI=1S/C11H22O3/c1-5-7-8-11(12)9(3)14-10(4)13-6-2/h9-10H,5-8H2,1-4H3. The number of ketones is 1. The minimum Gasteiger partial charge on any atom is -0.353 e. The second-order valence-electron chi connectivity index (χ2n) is 3.37. The Morgan fingerprint density at radius 3 is 2.43 bits per heavy atom. The Hall–Kier alpha value is -0.410. The molecule has 0 aromatic rings. The molecule has 0 amide bonds. The minimum atomic E-state index is -0.344. The van der Waals surface area contributed by atoms with Gasteiger partial charge in [-0.1, -0.05) is 13.3 Å². The number of rotatable bonds is 8. The highest BCUT2D eigenvalue weighted by Crippen LogP contribution is 2.05. The molecule has 0 fully saturated rings. The van der Waals surface area contributed by atoms with Gasteiger partial charge in [0, 0.05) is 13.0 Å². The van der Waals surface area contributed by atoms with Crippen LogP contribution in [0.3, 0.4) is 0 Å². The van der Waals surface area contributed by atoms with E-state index in [4.69, 9.17) is 9.47 Å². The second-order valence-corrected chi connectivity index (χ2v) is 3.37. The third-order valence-corrected chi connectivity index (χ3v) is 2.03. The van der Waals surface area contributed by atoms with Crippen molar-refractivity contribution < 1.29 is 14.3 Å². The molecule has 14 heavy (non-hydrogen) atoms. The van der Waals surface area contributed by atoms with E-state index in [1.807, 2.05) is 13.8 Å². The minimum absolute atomic E-state index is 0.165. The van der Waals surface area contributed by atoms with Crippen LogP contribution in [0, 0.1) is 0 Å². The summed E-state index contributed by atoms with van der Waals surface area (Å²) in [6.07, 6.45) is 1.95. The molecular weight excluding hydrogens is 180 g/mol. The van der Waals surface area contributed by atoms with E-state index in [0.29, 0.717) is 13.0 Å². The summed E-state index contributed by atoms with van der Waals surface area (Å²) in [5.74, 6) is 0.165. The lowest BCUT2D eigenvalue weighted by Crippen LogP contribution is -2.26. The van der Waals surface area contributed by atoms with Gasteiger partial charge in [-0.2, -0.15) is 0 Å². The Morgan fingerprint density at radius 1 is 1.29 bits per heavy atom. The van der Waals surface area contributed by atoms with E-state index >= 15 is 0 Å². The summed E-state index contributed by atoms with van der Waals surface area (Å²) >= 11 is 0. The first kappa shape index (κ1) is 13.6. The van der Waals surface area contributed by atoms with Crippen molar-refractivity contribution in [3.63, 3.8) is 0 Å². The molecule has 0 aliphatic rings. The molecule has 0 bridgehead atoms. The fraction of sp³-hybridized carbons (Fsp3) is 0.909.